The normalized spacial score (nSPS) is 10.7. The van der Waals surface area contributed by atoms with E-state index in [2.05, 4.69) is 19.1 Å². The standard InChI is InChI=1S/C18H34O2.K.H/c1-2-3-4-5-6-7-8-9-10-11-12-13-14-15-16-17-18(19)20;;/h9-10H,2-8,11-17H2,1H3,(H,19,20);;/b10-9+;;. The van der Waals surface area contributed by atoms with Crippen LogP contribution in [0.1, 0.15) is 96.8 Å². The number of hydrogen-bond acceptors (Lipinski definition) is 1. The Kier molecular flexibility index (Phi) is 23.9. The van der Waals surface area contributed by atoms with Crippen molar-refractivity contribution in [3.8, 4) is 0 Å². The molecule has 0 aliphatic rings. The number of hydrogen-bond donors (Lipinski definition) is 1. The first-order chi connectivity index (χ1) is 9.77. The van der Waals surface area contributed by atoms with Crippen LogP contribution in [0, 0.1) is 0 Å². The average Bonchev–Trinajstić information content (AvgIpc) is 2.43. The van der Waals surface area contributed by atoms with Gasteiger partial charge in [0.1, 0.15) is 0 Å². The zero-order valence-corrected chi connectivity index (χ0v) is 13.4. The number of carbonyl (C=O) groups is 1. The summed E-state index contributed by atoms with van der Waals surface area (Å²) in [6.45, 7) is 2.26. The molecule has 0 saturated heterocycles. The van der Waals surface area contributed by atoms with Crippen LogP contribution < -0.4 is 0 Å². The molecule has 0 amide bonds. The minimum atomic E-state index is -0.664. The van der Waals surface area contributed by atoms with Gasteiger partial charge in [-0.15, -0.1) is 0 Å². The van der Waals surface area contributed by atoms with E-state index in [1.165, 1.54) is 70.6 Å². The van der Waals surface area contributed by atoms with Crippen molar-refractivity contribution in [3.63, 3.8) is 0 Å². The number of carboxylic acids is 1. The fourth-order valence-corrected chi connectivity index (χ4v) is 2.35. The quantitative estimate of drug-likeness (QED) is 0.247. The molecule has 21 heavy (non-hydrogen) atoms. The summed E-state index contributed by atoms with van der Waals surface area (Å²) < 4.78 is 0. The van der Waals surface area contributed by atoms with Crippen molar-refractivity contribution < 1.29 is 9.90 Å². The summed E-state index contributed by atoms with van der Waals surface area (Å²) in [5.41, 5.74) is 0. The van der Waals surface area contributed by atoms with Crippen LogP contribution in [0.25, 0.3) is 0 Å². The van der Waals surface area contributed by atoms with Gasteiger partial charge in [0.05, 0.1) is 0 Å². The van der Waals surface area contributed by atoms with Crippen LogP contribution in [0.15, 0.2) is 12.2 Å². The van der Waals surface area contributed by atoms with E-state index in [1.807, 2.05) is 0 Å². The van der Waals surface area contributed by atoms with Crippen molar-refractivity contribution in [1.29, 1.82) is 0 Å². The molecule has 0 fully saturated rings. The summed E-state index contributed by atoms with van der Waals surface area (Å²) in [5, 5.41) is 8.51. The molecule has 0 aromatic rings. The van der Waals surface area contributed by atoms with E-state index >= 15 is 0 Å². The van der Waals surface area contributed by atoms with Gasteiger partial charge in [0, 0.05) is 6.42 Å². The molecule has 3 heteroatoms. The van der Waals surface area contributed by atoms with Gasteiger partial charge in [0.2, 0.25) is 0 Å². The zero-order valence-electron chi connectivity index (χ0n) is 13.4. The minimum absolute atomic E-state index is 0. The SMILES string of the molecule is CCCCCCCC/C=C/CCCCCCCC(=O)O.[KH]. The molecule has 0 bridgehead atoms. The molecule has 0 atom stereocenters. The Hall–Kier alpha value is 0.846. The van der Waals surface area contributed by atoms with E-state index in [0.29, 0.717) is 6.42 Å². The van der Waals surface area contributed by atoms with E-state index in [4.69, 9.17) is 5.11 Å². The number of unbranched alkanes of at least 4 members (excludes halogenated alkanes) is 11. The molecule has 0 aromatic carbocycles. The molecule has 0 radical (unpaired) electrons. The Balaban J connectivity index is 0. The van der Waals surface area contributed by atoms with Crippen molar-refractivity contribution in [2.24, 2.45) is 0 Å². The van der Waals surface area contributed by atoms with Crippen molar-refractivity contribution in [2.75, 3.05) is 0 Å². The van der Waals surface area contributed by atoms with Crippen molar-refractivity contribution in [3.05, 3.63) is 12.2 Å². The van der Waals surface area contributed by atoms with Crippen LogP contribution in [0.5, 0.6) is 0 Å². The third-order valence-corrected chi connectivity index (χ3v) is 3.65. The topological polar surface area (TPSA) is 37.3 Å². The van der Waals surface area contributed by atoms with Crippen molar-refractivity contribution in [1.82, 2.24) is 0 Å². The molecule has 2 nitrogen and oxygen atoms in total. The van der Waals surface area contributed by atoms with Gasteiger partial charge in [-0.05, 0) is 32.1 Å². The van der Waals surface area contributed by atoms with Gasteiger partial charge < -0.3 is 5.11 Å². The maximum atomic E-state index is 10.3. The van der Waals surface area contributed by atoms with Crippen LogP contribution in [-0.4, -0.2) is 62.5 Å². The van der Waals surface area contributed by atoms with Crippen LogP contribution in [0.2, 0.25) is 0 Å². The predicted molar refractivity (Wildman–Crippen MR) is 94.2 cm³/mol. The number of carboxylic acid groups (broad SMARTS) is 1. The number of aliphatic carboxylic acids is 1. The summed E-state index contributed by atoms with van der Waals surface area (Å²) in [4.78, 5) is 10.3. The molecule has 0 spiro atoms. The Morgan fingerprint density at radius 2 is 1.19 bits per heavy atom. The van der Waals surface area contributed by atoms with E-state index in [9.17, 15) is 4.79 Å². The van der Waals surface area contributed by atoms with E-state index in [1.54, 1.807) is 0 Å². The second-order valence-electron chi connectivity index (χ2n) is 5.73. The Morgan fingerprint density at radius 3 is 1.67 bits per heavy atom. The average molecular weight is 323 g/mol. The molecule has 1 N–H and O–H groups in total. The monoisotopic (exact) mass is 322 g/mol. The van der Waals surface area contributed by atoms with Gasteiger partial charge in [-0.3, -0.25) is 4.79 Å². The van der Waals surface area contributed by atoms with Crippen molar-refractivity contribution in [2.45, 2.75) is 96.8 Å². The molecule has 0 unspecified atom stereocenters. The summed E-state index contributed by atoms with van der Waals surface area (Å²) in [6, 6.07) is 0. The molecule has 0 heterocycles. The van der Waals surface area contributed by atoms with Crippen molar-refractivity contribution >= 4 is 57.4 Å². The van der Waals surface area contributed by atoms with E-state index < -0.39 is 5.97 Å². The van der Waals surface area contributed by atoms with Gasteiger partial charge in [-0.25, -0.2) is 0 Å². The third kappa shape index (κ3) is 23.2. The van der Waals surface area contributed by atoms with Gasteiger partial charge in [0.25, 0.3) is 0 Å². The molecule has 0 aliphatic carbocycles. The van der Waals surface area contributed by atoms with Crippen LogP contribution in [0.4, 0.5) is 0 Å². The molecule has 0 rings (SSSR count). The van der Waals surface area contributed by atoms with Gasteiger partial charge in [-0.1, -0.05) is 70.4 Å². The molecule has 0 aliphatic heterocycles. The first-order valence-corrected chi connectivity index (χ1v) is 8.64. The molecular formula is C18H35KO2. The van der Waals surface area contributed by atoms with E-state index in [0.717, 1.165) is 12.8 Å². The van der Waals surface area contributed by atoms with Crippen LogP contribution in [0.3, 0.4) is 0 Å². The Bertz CT molecular complexity index is 239. The predicted octanol–water partition coefficient (Wildman–Crippen LogP) is 5.46. The Labute approximate surface area is 174 Å². The van der Waals surface area contributed by atoms with Crippen LogP contribution in [-0.2, 0) is 4.79 Å². The first-order valence-electron chi connectivity index (χ1n) is 8.64. The van der Waals surface area contributed by atoms with Gasteiger partial charge in [0.15, 0.2) is 0 Å². The number of allylic oxidation sites excluding steroid dienone is 2. The second kappa shape index (κ2) is 20.8. The molecule has 0 aromatic heterocycles. The van der Waals surface area contributed by atoms with Gasteiger partial charge >= 0.3 is 57.4 Å². The fourth-order valence-electron chi connectivity index (χ4n) is 2.35. The fraction of sp³-hybridized carbons (Fsp3) is 0.833. The third-order valence-electron chi connectivity index (χ3n) is 3.65. The molecule has 120 valence electrons. The zero-order chi connectivity index (χ0) is 14.9. The van der Waals surface area contributed by atoms with E-state index in [-0.39, 0.29) is 51.4 Å². The number of rotatable bonds is 15. The summed E-state index contributed by atoms with van der Waals surface area (Å²) in [6.07, 6.45) is 21.2. The van der Waals surface area contributed by atoms with Crippen LogP contribution >= 0.6 is 0 Å². The summed E-state index contributed by atoms with van der Waals surface area (Å²) in [5.74, 6) is -0.664. The molecular weight excluding hydrogens is 287 g/mol. The molecule has 0 saturated carbocycles. The maximum absolute atomic E-state index is 10.3. The summed E-state index contributed by atoms with van der Waals surface area (Å²) in [7, 11) is 0. The second-order valence-corrected chi connectivity index (χ2v) is 5.73. The summed E-state index contributed by atoms with van der Waals surface area (Å²) >= 11 is 0. The first kappa shape index (κ1) is 24.1. The Morgan fingerprint density at radius 1 is 0.762 bits per heavy atom. The van der Waals surface area contributed by atoms with Gasteiger partial charge in [-0.2, -0.15) is 0 Å².